The third kappa shape index (κ3) is 5.88. The average Bonchev–Trinajstić information content (AvgIpc) is 3.14. The fourth-order valence-electron chi connectivity index (χ4n) is 5.24. The molecule has 0 aromatic carbocycles. The van der Waals surface area contributed by atoms with Crippen LogP contribution in [-0.4, -0.2) is 97.2 Å². The van der Waals surface area contributed by atoms with E-state index in [-0.39, 0.29) is 12.6 Å². The quantitative estimate of drug-likeness (QED) is 0.324. The number of hydrogen-bond acceptors (Lipinski definition) is 8. The molecular formula is C19H33N5O7S. The lowest BCUT2D eigenvalue weighted by Gasteiger charge is -2.29. The molecule has 13 heteroatoms. The fourth-order valence-corrected chi connectivity index (χ4v) is 5.63. The molecule has 4 rings (SSSR count). The third-order valence-electron chi connectivity index (χ3n) is 6.79. The Bertz CT molecular complexity index is 789. The SMILES string of the molecule is O=C(NOC[C@@H]1C[C@H](CN2CCCCCC2)CN1)[C@@H]1CC[C@@H]2CN1C(=O)N2OS(=O)(=O)O. The number of nitrogens with zero attached hydrogens (tertiary/aromatic N) is 3. The summed E-state index contributed by atoms with van der Waals surface area (Å²) in [6.07, 6.45) is 6.91. The van der Waals surface area contributed by atoms with Crippen molar-refractivity contribution in [2.24, 2.45) is 5.92 Å². The summed E-state index contributed by atoms with van der Waals surface area (Å²) in [4.78, 5) is 34.2. The van der Waals surface area contributed by atoms with Gasteiger partial charge < -0.3 is 15.1 Å². The van der Waals surface area contributed by atoms with Gasteiger partial charge in [-0.15, -0.1) is 4.28 Å². The molecule has 182 valence electrons. The van der Waals surface area contributed by atoms with Gasteiger partial charge in [0, 0.05) is 19.1 Å². The first-order valence-electron chi connectivity index (χ1n) is 11.4. The number of carbonyl (C=O) groups excluding carboxylic acids is 2. The van der Waals surface area contributed by atoms with Gasteiger partial charge in [-0.25, -0.2) is 10.3 Å². The molecule has 0 saturated carbocycles. The van der Waals surface area contributed by atoms with Gasteiger partial charge in [-0.1, -0.05) is 12.8 Å². The summed E-state index contributed by atoms with van der Waals surface area (Å²) in [5.41, 5.74) is 2.44. The third-order valence-corrected chi connectivity index (χ3v) is 7.13. The molecule has 32 heavy (non-hydrogen) atoms. The van der Waals surface area contributed by atoms with Crippen LogP contribution in [0.2, 0.25) is 0 Å². The number of rotatable bonds is 8. The van der Waals surface area contributed by atoms with Gasteiger partial charge in [0.2, 0.25) is 0 Å². The molecule has 0 unspecified atom stereocenters. The highest BCUT2D eigenvalue weighted by Gasteiger charge is 2.49. The second-order valence-corrected chi connectivity index (χ2v) is 10.2. The molecule has 4 aliphatic rings. The standard InChI is InChI=1S/C19H33N5O7S/c25-18(17-6-5-16-12-23(17)19(26)24(16)31-32(27,28)29)21-30-13-15-9-14(10-20-15)11-22-7-3-1-2-4-8-22/h14-17,20H,1-13H2,(H,21,25)(H,27,28,29)/t14-,15-,16+,17-/m0/s1. The summed E-state index contributed by atoms with van der Waals surface area (Å²) < 4.78 is 35.2. The maximum absolute atomic E-state index is 12.6. The number of nitrogens with one attached hydrogen (secondary N) is 2. The highest BCUT2D eigenvalue weighted by Crippen LogP contribution is 2.30. The molecule has 0 spiro atoms. The minimum atomic E-state index is -4.81. The van der Waals surface area contributed by atoms with Gasteiger partial charge in [-0.3, -0.25) is 14.2 Å². The van der Waals surface area contributed by atoms with Crippen molar-refractivity contribution in [3.05, 3.63) is 0 Å². The summed E-state index contributed by atoms with van der Waals surface area (Å²) in [5, 5.41) is 4.08. The van der Waals surface area contributed by atoms with Crippen LogP contribution in [0.1, 0.15) is 44.9 Å². The molecule has 0 aliphatic carbocycles. The first kappa shape index (κ1) is 23.6. The fraction of sp³-hybridized carbons (Fsp3) is 0.895. The zero-order valence-electron chi connectivity index (χ0n) is 18.1. The molecule has 3 amide bonds. The van der Waals surface area contributed by atoms with Gasteiger partial charge in [-0.05, 0) is 57.7 Å². The van der Waals surface area contributed by atoms with E-state index in [0.29, 0.717) is 30.4 Å². The number of likely N-dealkylation sites (tertiary alicyclic amines) is 1. The highest BCUT2D eigenvalue weighted by atomic mass is 32.3. The summed E-state index contributed by atoms with van der Waals surface area (Å²) in [5.74, 6) is 0.119. The van der Waals surface area contributed by atoms with Crippen molar-refractivity contribution < 1.29 is 31.7 Å². The van der Waals surface area contributed by atoms with Crippen LogP contribution in [0.5, 0.6) is 0 Å². The van der Waals surface area contributed by atoms with Crippen LogP contribution in [0.15, 0.2) is 0 Å². The molecule has 4 atom stereocenters. The number of urea groups is 1. The van der Waals surface area contributed by atoms with Crippen molar-refractivity contribution in [3.63, 3.8) is 0 Å². The zero-order valence-corrected chi connectivity index (χ0v) is 19.0. The van der Waals surface area contributed by atoms with Crippen LogP contribution in [-0.2, 0) is 24.3 Å². The van der Waals surface area contributed by atoms with E-state index < -0.39 is 34.4 Å². The Kier molecular flexibility index (Phi) is 7.52. The molecule has 4 saturated heterocycles. The topological polar surface area (TPSA) is 141 Å². The van der Waals surface area contributed by atoms with Crippen molar-refractivity contribution in [2.75, 3.05) is 39.3 Å². The smallest absolute Gasteiger partial charge is 0.311 e. The van der Waals surface area contributed by atoms with Crippen molar-refractivity contribution in [2.45, 2.75) is 63.1 Å². The molecule has 4 heterocycles. The van der Waals surface area contributed by atoms with E-state index in [1.165, 1.54) is 43.7 Å². The van der Waals surface area contributed by atoms with E-state index in [9.17, 15) is 18.0 Å². The van der Waals surface area contributed by atoms with E-state index in [0.717, 1.165) is 19.5 Å². The molecular weight excluding hydrogens is 442 g/mol. The number of piperidine rings is 1. The Labute approximate surface area is 188 Å². The Balaban J connectivity index is 1.18. The first-order chi connectivity index (χ1) is 15.3. The lowest BCUT2D eigenvalue weighted by molar-refractivity contribution is -0.139. The van der Waals surface area contributed by atoms with Gasteiger partial charge in [-0.2, -0.15) is 13.5 Å². The maximum atomic E-state index is 12.6. The predicted molar refractivity (Wildman–Crippen MR) is 112 cm³/mol. The zero-order chi connectivity index (χ0) is 22.7. The lowest BCUT2D eigenvalue weighted by atomic mass is 10.0. The summed E-state index contributed by atoms with van der Waals surface area (Å²) in [6, 6.07) is -1.91. The number of carbonyl (C=O) groups is 2. The van der Waals surface area contributed by atoms with Crippen LogP contribution < -0.4 is 10.8 Å². The lowest BCUT2D eigenvalue weighted by Crippen LogP contribution is -2.50. The Morgan fingerprint density at radius 2 is 1.94 bits per heavy atom. The Morgan fingerprint density at radius 1 is 1.19 bits per heavy atom. The van der Waals surface area contributed by atoms with Crippen LogP contribution in [0.3, 0.4) is 0 Å². The van der Waals surface area contributed by atoms with Crippen molar-refractivity contribution in [3.8, 4) is 0 Å². The minimum absolute atomic E-state index is 0.148. The van der Waals surface area contributed by atoms with Crippen LogP contribution in [0.4, 0.5) is 4.79 Å². The molecule has 2 bridgehead atoms. The van der Waals surface area contributed by atoms with Gasteiger partial charge in [0.1, 0.15) is 6.04 Å². The van der Waals surface area contributed by atoms with Crippen molar-refractivity contribution in [1.29, 1.82) is 0 Å². The number of hydroxylamine groups is 3. The predicted octanol–water partition coefficient (Wildman–Crippen LogP) is -0.109. The highest BCUT2D eigenvalue weighted by molar-refractivity contribution is 7.80. The largest absolute Gasteiger partial charge is 0.418 e. The molecule has 12 nitrogen and oxygen atoms in total. The number of amides is 3. The Hall–Kier alpha value is -1.51. The first-order valence-corrected chi connectivity index (χ1v) is 12.8. The molecule has 0 aromatic heterocycles. The minimum Gasteiger partial charge on any atom is -0.311 e. The Morgan fingerprint density at radius 3 is 2.66 bits per heavy atom. The normalized spacial score (nSPS) is 31.7. The van der Waals surface area contributed by atoms with Crippen molar-refractivity contribution >= 4 is 22.3 Å². The van der Waals surface area contributed by atoms with E-state index >= 15 is 0 Å². The number of fused-ring (bicyclic) bond motifs is 2. The molecule has 4 aliphatic heterocycles. The van der Waals surface area contributed by atoms with Crippen LogP contribution in [0, 0.1) is 5.92 Å². The van der Waals surface area contributed by atoms with Gasteiger partial charge in [0.25, 0.3) is 5.91 Å². The van der Waals surface area contributed by atoms with Crippen LogP contribution >= 0.6 is 0 Å². The average molecular weight is 476 g/mol. The van der Waals surface area contributed by atoms with Gasteiger partial charge in [0.15, 0.2) is 0 Å². The molecule has 0 aromatic rings. The second-order valence-electron chi connectivity index (χ2n) is 9.21. The summed E-state index contributed by atoms with van der Waals surface area (Å²) in [6.45, 7) is 4.88. The molecule has 4 fully saturated rings. The van der Waals surface area contributed by atoms with Gasteiger partial charge in [0.05, 0.1) is 12.6 Å². The van der Waals surface area contributed by atoms with Gasteiger partial charge >= 0.3 is 16.4 Å². The second kappa shape index (κ2) is 10.2. The van der Waals surface area contributed by atoms with E-state index in [2.05, 4.69) is 20.0 Å². The molecule has 0 radical (unpaired) electrons. The molecule has 3 N–H and O–H groups in total. The summed E-state index contributed by atoms with van der Waals surface area (Å²) >= 11 is 0. The monoisotopic (exact) mass is 475 g/mol. The number of hydrogen-bond donors (Lipinski definition) is 3. The van der Waals surface area contributed by atoms with Crippen LogP contribution in [0.25, 0.3) is 0 Å². The van der Waals surface area contributed by atoms with E-state index in [1.807, 2.05) is 0 Å². The maximum Gasteiger partial charge on any atom is 0.418 e. The van der Waals surface area contributed by atoms with E-state index in [1.54, 1.807) is 0 Å². The van der Waals surface area contributed by atoms with E-state index in [4.69, 9.17) is 9.39 Å². The van der Waals surface area contributed by atoms with Crippen molar-refractivity contribution in [1.82, 2.24) is 25.7 Å². The summed E-state index contributed by atoms with van der Waals surface area (Å²) in [7, 11) is -4.81.